The predicted octanol–water partition coefficient (Wildman–Crippen LogP) is 3.71. The van der Waals surface area contributed by atoms with E-state index in [1.54, 1.807) is 11.3 Å². The number of rotatable bonds is 3. The van der Waals surface area contributed by atoms with E-state index in [9.17, 15) is 0 Å². The number of hydrogen-bond acceptors (Lipinski definition) is 2. The molecule has 1 aromatic heterocycles. The number of hydrogen-bond donors (Lipinski definition) is 1. The van der Waals surface area contributed by atoms with Crippen LogP contribution < -0.4 is 5.32 Å². The standard InChI is InChI=1S/C12H16ClNS/c1-14-12(10-2-3-11(13)15-10)9-5-7-4-8(7)6-9/h2-3,7-9,12,14H,4-6H2,1H3. The summed E-state index contributed by atoms with van der Waals surface area (Å²) in [5, 5.41) is 3.47. The molecule has 1 N–H and O–H groups in total. The van der Waals surface area contributed by atoms with Crippen LogP contribution in [0.5, 0.6) is 0 Å². The highest BCUT2D eigenvalue weighted by atomic mass is 35.5. The van der Waals surface area contributed by atoms with Crippen molar-refractivity contribution in [2.75, 3.05) is 7.05 Å². The van der Waals surface area contributed by atoms with Gasteiger partial charge in [-0.3, -0.25) is 0 Å². The van der Waals surface area contributed by atoms with Gasteiger partial charge in [-0.1, -0.05) is 11.6 Å². The molecule has 2 aliphatic rings. The second-order valence-electron chi connectivity index (χ2n) is 4.90. The monoisotopic (exact) mass is 241 g/mol. The maximum atomic E-state index is 6.00. The molecule has 3 rings (SSSR count). The van der Waals surface area contributed by atoms with E-state index in [1.807, 2.05) is 6.07 Å². The number of halogens is 1. The lowest BCUT2D eigenvalue weighted by Crippen LogP contribution is -2.23. The summed E-state index contributed by atoms with van der Waals surface area (Å²) in [6, 6.07) is 4.73. The Hall–Kier alpha value is -0.0500. The lowest BCUT2D eigenvalue weighted by Gasteiger charge is -2.23. The third kappa shape index (κ3) is 1.83. The zero-order chi connectivity index (χ0) is 10.4. The molecule has 2 saturated carbocycles. The average Bonchev–Trinajstić information content (AvgIpc) is 2.63. The molecule has 1 nitrogen and oxygen atoms in total. The van der Waals surface area contributed by atoms with Gasteiger partial charge in [0.05, 0.1) is 4.34 Å². The molecule has 2 fully saturated rings. The van der Waals surface area contributed by atoms with Crippen LogP contribution in [0.1, 0.15) is 30.2 Å². The fourth-order valence-corrected chi connectivity index (χ4v) is 4.40. The predicted molar refractivity (Wildman–Crippen MR) is 65.5 cm³/mol. The average molecular weight is 242 g/mol. The zero-order valence-electron chi connectivity index (χ0n) is 8.87. The Kier molecular flexibility index (Phi) is 2.54. The molecule has 0 radical (unpaired) electrons. The van der Waals surface area contributed by atoms with E-state index in [-0.39, 0.29) is 0 Å². The zero-order valence-corrected chi connectivity index (χ0v) is 10.4. The van der Waals surface area contributed by atoms with E-state index in [2.05, 4.69) is 18.4 Å². The van der Waals surface area contributed by atoms with E-state index >= 15 is 0 Å². The molecule has 0 amide bonds. The van der Waals surface area contributed by atoms with Crippen LogP contribution in [0.4, 0.5) is 0 Å². The topological polar surface area (TPSA) is 12.0 Å². The van der Waals surface area contributed by atoms with Gasteiger partial charge in [-0.05, 0) is 56.2 Å². The minimum atomic E-state index is 0.537. The maximum Gasteiger partial charge on any atom is 0.0931 e. The van der Waals surface area contributed by atoms with E-state index in [0.717, 1.165) is 22.1 Å². The minimum Gasteiger partial charge on any atom is -0.312 e. The van der Waals surface area contributed by atoms with Crippen LogP contribution in [0, 0.1) is 17.8 Å². The number of nitrogens with one attached hydrogen (secondary N) is 1. The van der Waals surface area contributed by atoms with Crippen LogP contribution >= 0.6 is 22.9 Å². The van der Waals surface area contributed by atoms with Gasteiger partial charge in [-0.25, -0.2) is 0 Å². The summed E-state index contributed by atoms with van der Waals surface area (Å²) < 4.78 is 0.911. The fourth-order valence-electron chi connectivity index (χ4n) is 3.14. The third-order valence-corrected chi connectivity index (χ3v) is 5.28. The minimum absolute atomic E-state index is 0.537. The molecule has 3 heteroatoms. The third-order valence-electron chi connectivity index (χ3n) is 3.96. The lowest BCUT2D eigenvalue weighted by atomic mass is 9.93. The van der Waals surface area contributed by atoms with Crippen molar-refractivity contribution in [3.63, 3.8) is 0 Å². The van der Waals surface area contributed by atoms with Crippen LogP contribution in [0.25, 0.3) is 0 Å². The van der Waals surface area contributed by atoms with Crippen molar-refractivity contribution in [2.24, 2.45) is 17.8 Å². The normalized spacial score (nSPS) is 35.2. The molecule has 0 aliphatic heterocycles. The van der Waals surface area contributed by atoms with Crippen molar-refractivity contribution in [1.82, 2.24) is 5.32 Å². The molecule has 0 bridgehead atoms. The van der Waals surface area contributed by atoms with Gasteiger partial charge in [0.15, 0.2) is 0 Å². The number of fused-ring (bicyclic) bond motifs is 1. The largest absolute Gasteiger partial charge is 0.312 e. The molecule has 2 aliphatic carbocycles. The Morgan fingerprint density at radius 2 is 2.07 bits per heavy atom. The summed E-state index contributed by atoms with van der Waals surface area (Å²) in [6.45, 7) is 0. The van der Waals surface area contributed by atoms with E-state index in [4.69, 9.17) is 11.6 Å². The Labute approximate surface area is 99.8 Å². The lowest BCUT2D eigenvalue weighted by molar-refractivity contribution is 0.364. The smallest absolute Gasteiger partial charge is 0.0931 e. The first-order valence-electron chi connectivity index (χ1n) is 5.70. The highest BCUT2D eigenvalue weighted by Crippen LogP contribution is 2.57. The van der Waals surface area contributed by atoms with Crippen LogP contribution in [-0.4, -0.2) is 7.05 Å². The molecule has 3 atom stereocenters. The molecule has 3 unspecified atom stereocenters. The van der Waals surface area contributed by atoms with Gasteiger partial charge in [0.25, 0.3) is 0 Å². The Balaban J connectivity index is 1.76. The SMILES string of the molecule is CNC(c1ccc(Cl)s1)C1CC2CC2C1. The van der Waals surface area contributed by atoms with Crippen LogP contribution in [0.15, 0.2) is 12.1 Å². The van der Waals surface area contributed by atoms with Gasteiger partial charge < -0.3 is 5.32 Å². The Morgan fingerprint density at radius 3 is 2.60 bits per heavy atom. The summed E-state index contributed by atoms with van der Waals surface area (Å²) in [7, 11) is 2.07. The van der Waals surface area contributed by atoms with E-state index < -0.39 is 0 Å². The van der Waals surface area contributed by atoms with E-state index in [1.165, 1.54) is 24.1 Å². The van der Waals surface area contributed by atoms with Crippen molar-refractivity contribution >= 4 is 22.9 Å². The summed E-state index contributed by atoms with van der Waals surface area (Å²) in [6.07, 6.45) is 4.34. The van der Waals surface area contributed by atoms with Crippen molar-refractivity contribution in [1.29, 1.82) is 0 Å². The highest BCUT2D eigenvalue weighted by Gasteiger charge is 2.47. The first kappa shape index (κ1) is 10.1. The molecule has 1 aromatic rings. The van der Waals surface area contributed by atoms with E-state index in [0.29, 0.717) is 6.04 Å². The second-order valence-corrected chi connectivity index (χ2v) is 6.64. The molecule has 82 valence electrons. The molecular formula is C12H16ClNS. The van der Waals surface area contributed by atoms with Crippen LogP contribution in [0.3, 0.4) is 0 Å². The van der Waals surface area contributed by atoms with Crippen molar-refractivity contribution in [3.05, 3.63) is 21.3 Å². The Morgan fingerprint density at radius 1 is 1.33 bits per heavy atom. The first-order chi connectivity index (χ1) is 7.28. The molecule has 0 spiro atoms. The first-order valence-corrected chi connectivity index (χ1v) is 6.90. The van der Waals surface area contributed by atoms with Gasteiger partial charge in [0.1, 0.15) is 0 Å². The van der Waals surface area contributed by atoms with Crippen molar-refractivity contribution in [2.45, 2.75) is 25.3 Å². The molecular weight excluding hydrogens is 226 g/mol. The summed E-state index contributed by atoms with van der Waals surface area (Å²) in [5.41, 5.74) is 0. The molecule has 0 aromatic carbocycles. The number of thiophene rings is 1. The second kappa shape index (κ2) is 3.76. The van der Waals surface area contributed by atoms with Gasteiger partial charge in [-0.15, -0.1) is 11.3 Å². The fraction of sp³-hybridized carbons (Fsp3) is 0.667. The van der Waals surface area contributed by atoms with Crippen LogP contribution in [-0.2, 0) is 0 Å². The van der Waals surface area contributed by atoms with Crippen molar-refractivity contribution < 1.29 is 0 Å². The van der Waals surface area contributed by atoms with Crippen molar-refractivity contribution in [3.8, 4) is 0 Å². The van der Waals surface area contributed by atoms with Crippen LogP contribution in [0.2, 0.25) is 4.34 Å². The molecule has 15 heavy (non-hydrogen) atoms. The van der Waals surface area contributed by atoms with Gasteiger partial charge in [0, 0.05) is 10.9 Å². The Bertz CT molecular complexity index is 352. The molecule has 0 saturated heterocycles. The van der Waals surface area contributed by atoms with Gasteiger partial charge in [0.2, 0.25) is 0 Å². The summed E-state index contributed by atoms with van der Waals surface area (Å²) in [4.78, 5) is 1.41. The summed E-state index contributed by atoms with van der Waals surface area (Å²) >= 11 is 7.72. The van der Waals surface area contributed by atoms with Gasteiger partial charge in [-0.2, -0.15) is 0 Å². The molecule has 1 heterocycles. The summed E-state index contributed by atoms with van der Waals surface area (Å²) in [5.74, 6) is 2.95. The quantitative estimate of drug-likeness (QED) is 0.851. The maximum absolute atomic E-state index is 6.00. The van der Waals surface area contributed by atoms with Gasteiger partial charge >= 0.3 is 0 Å². The highest BCUT2D eigenvalue weighted by molar-refractivity contribution is 7.16.